The van der Waals surface area contributed by atoms with Crippen LogP contribution in [0.1, 0.15) is 53.4 Å². The van der Waals surface area contributed by atoms with Gasteiger partial charge in [-0.2, -0.15) is 0 Å². The van der Waals surface area contributed by atoms with Gasteiger partial charge in [0.1, 0.15) is 0 Å². The van der Waals surface area contributed by atoms with E-state index in [0.717, 1.165) is 23.7 Å². The molecule has 1 fully saturated rings. The first-order valence-corrected chi connectivity index (χ1v) is 5.65. The van der Waals surface area contributed by atoms with Crippen molar-refractivity contribution >= 4 is 0 Å². The van der Waals surface area contributed by atoms with E-state index in [1.807, 2.05) is 0 Å². The summed E-state index contributed by atoms with van der Waals surface area (Å²) in [4.78, 5) is 0. The minimum Gasteiger partial charge on any atom is -0.0651 e. The molecule has 1 rings (SSSR count). The zero-order valence-electron chi connectivity index (χ0n) is 9.14. The van der Waals surface area contributed by atoms with Gasteiger partial charge in [-0.25, -0.2) is 0 Å². The summed E-state index contributed by atoms with van der Waals surface area (Å²) in [5.41, 5.74) is 0. The third kappa shape index (κ3) is 2.24. The summed E-state index contributed by atoms with van der Waals surface area (Å²) in [6.45, 7) is 9.59. The van der Waals surface area contributed by atoms with Gasteiger partial charge in [0.2, 0.25) is 0 Å². The Morgan fingerprint density at radius 1 is 1.17 bits per heavy atom. The molecule has 0 spiro atoms. The van der Waals surface area contributed by atoms with E-state index in [4.69, 9.17) is 0 Å². The van der Waals surface area contributed by atoms with Crippen LogP contribution in [0.25, 0.3) is 0 Å². The van der Waals surface area contributed by atoms with E-state index in [1.54, 1.807) is 0 Å². The highest BCUT2D eigenvalue weighted by Gasteiger charge is 2.26. The summed E-state index contributed by atoms with van der Waals surface area (Å²) >= 11 is 0. The van der Waals surface area contributed by atoms with Crippen LogP contribution in [0.4, 0.5) is 0 Å². The monoisotopic (exact) mass is 168 g/mol. The fourth-order valence-corrected chi connectivity index (χ4v) is 2.44. The molecule has 1 aliphatic carbocycles. The summed E-state index contributed by atoms with van der Waals surface area (Å²) in [5, 5.41) is 0. The van der Waals surface area contributed by atoms with E-state index in [2.05, 4.69) is 27.7 Å². The maximum Gasteiger partial charge on any atom is -0.0386 e. The molecule has 12 heavy (non-hydrogen) atoms. The second kappa shape index (κ2) is 4.30. The summed E-state index contributed by atoms with van der Waals surface area (Å²) in [7, 11) is 0. The van der Waals surface area contributed by atoms with Crippen LogP contribution in [0.3, 0.4) is 0 Å². The van der Waals surface area contributed by atoms with Crippen molar-refractivity contribution in [3.63, 3.8) is 0 Å². The van der Waals surface area contributed by atoms with Gasteiger partial charge in [0.15, 0.2) is 0 Å². The van der Waals surface area contributed by atoms with Gasteiger partial charge < -0.3 is 0 Å². The van der Waals surface area contributed by atoms with Crippen molar-refractivity contribution in [2.45, 2.75) is 53.4 Å². The summed E-state index contributed by atoms with van der Waals surface area (Å²) in [6, 6.07) is 0. The number of hydrogen-bond donors (Lipinski definition) is 0. The number of rotatable bonds is 2. The van der Waals surface area contributed by atoms with Gasteiger partial charge in [-0.1, -0.05) is 40.5 Å². The van der Waals surface area contributed by atoms with E-state index in [9.17, 15) is 0 Å². The highest BCUT2D eigenvalue weighted by atomic mass is 14.3. The lowest BCUT2D eigenvalue weighted by atomic mass is 9.71. The van der Waals surface area contributed by atoms with Gasteiger partial charge in [0, 0.05) is 0 Å². The highest BCUT2D eigenvalue weighted by Crippen LogP contribution is 2.37. The smallest absolute Gasteiger partial charge is 0.0386 e. The van der Waals surface area contributed by atoms with E-state index in [-0.39, 0.29) is 0 Å². The molecule has 0 aromatic rings. The van der Waals surface area contributed by atoms with Crippen molar-refractivity contribution in [2.75, 3.05) is 0 Å². The van der Waals surface area contributed by atoms with Crippen LogP contribution in [-0.2, 0) is 0 Å². The standard InChI is InChI=1S/C12H24/c1-5-9(2)12-7-6-10(3)11(4)8-12/h9-12H,5-8H2,1-4H3/t9?,10?,11?,12-/m1/s1. The minimum atomic E-state index is 0.958. The third-order valence-corrected chi connectivity index (χ3v) is 4.09. The Morgan fingerprint density at radius 3 is 2.33 bits per heavy atom. The Balaban J connectivity index is 2.39. The van der Waals surface area contributed by atoms with Crippen molar-refractivity contribution in [1.82, 2.24) is 0 Å². The lowest BCUT2D eigenvalue weighted by Gasteiger charge is -2.35. The predicted octanol–water partition coefficient (Wildman–Crippen LogP) is 4.10. The van der Waals surface area contributed by atoms with Gasteiger partial charge >= 0.3 is 0 Å². The van der Waals surface area contributed by atoms with Crippen molar-refractivity contribution in [1.29, 1.82) is 0 Å². The maximum absolute atomic E-state index is 2.43. The van der Waals surface area contributed by atoms with E-state index >= 15 is 0 Å². The Labute approximate surface area is 77.7 Å². The molecule has 0 saturated heterocycles. The van der Waals surface area contributed by atoms with Crippen LogP contribution in [0.5, 0.6) is 0 Å². The van der Waals surface area contributed by atoms with Gasteiger partial charge in [0.05, 0.1) is 0 Å². The molecule has 1 aliphatic rings. The number of hydrogen-bond acceptors (Lipinski definition) is 0. The summed E-state index contributed by atoms with van der Waals surface area (Å²) in [6.07, 6.45) is 5.80. The first kappa shape index (κ1) is 10.1. The van der Waals surface area contributed by atoms with Crippen molar-refractivity contribution in [3.8, 4) is 0 Å². The van der Waals surface area contributed by atoms with Crippen molar-refractivity contribution in [3.05, 3.63) is 0 Å². The average Bonchev–Trinajstić information content (AvgIpc) is 2.08. The molecule has 0 aromatic heterocycles. The predicted molar refractivity (Wildman–Crippen MR) is 55.1 cm³/mol. The molecule has 0 amide bonds. The lowest BCUT2D eigenvalue weighted by Crippen LogP contribution is -2.24. The van der Waals surface area contributed by atoms with Crippen LogP contribution in [0.15, 0.2) is 0 Å². The molecule has 0 heteroatoms. The molecule has 1 saturated carbocycles. The largest absolute Gasteiger partial charge is 0.0651 e. The third-order valence-electron chi connectivity index (χ3n) is 4.09. The van der Waals surface area contributed by atoms with Gasteiger partial charge in [-0.3, -0.25) is 0 Å². The van der Waals surface area contributed by atoms with E-state index < -0.39 is 0 Å². The Kier molecular flexibility index (Phi) is 3.61. The van der Waals surface area contributed by atoms with Crippen molar-refractivity contribution in [2.24, 2.45) is 23.7 Å². The SMILES string of the molecule is CCC(C)[C@@H]1CCC(C)C(C)C1. The summed E-state index contributed by atoms with van der Waals surface area (Å²) < 4.78 is 0. The molecule has 0 N–H and O–H groups in total. The Hall–Kier alpha value is 0. The highest BCUT2D eigenvalue weighted by molar-refractivity contribution is 4.77. The van der Waals surface area contributed by atoms with Crippen LogP contribution in [0.2, 0.25) is 0 Å². The zero-order chi connectivity index (χ0) is 9.14. The quantitative estimate of drug-likeness (QED) is 0.582. The normalized spacial score (nSPS) is 39.5. The van der Waals surface area contributed by atoms with Gasteiger partial charge in [-0.05, 0) is 36.5 Å². The average molecular weight is 168 g/mol. The van der Waals surface area contributed by atoms with Crippen molar-refractivity contribution < 1.29 is 0 Å². The van der Waals surface area contributed by atoms with E-state index in [1.165, 1.54) is 25.7 Å². The topological polar surface area (TPSA) is 0 Å². The molecule has 0 bridgehead atoms. The van der Waals surface area contributed by atoms with Gasteiger partial charge in [0.25, 0.3) is 0 Å². The molecule has 3 unspecified atom stereocenters. The molecule has 0 heterocycles. The molecule has 4 atom stereocenters. The van der Waals surface area contributed by atoms with E-state index in [0.29, 0.717) is 0 Å². The fourth-order valence-electron chi connectivity index (χ4n) is 2.44. The molecule has 0 aliphatic heterocycles. The minimum absolute atomic E-state index is 0.958. The molecular weight excluding hydrogens is 144 g/mol. The second-order valence-electron chi connectivity index (χ2n) is 4.91. The molecular formula is C12H24. The first-order chi connectivity index (χ1) is 5.65. The maximum atomic E-state index is 2.43. The van der Waals surface area contributed by atoms with Crippen LogP contribution in [-0.4, -0.2) is 0 Å². The Morgan fingerprint density at radius 2 is 1.83 bits per heavy atom. The lowest BCUT2D eigenvalue weighted by molar-refractivity contribution is 0.161. The van der Waals surface area contributed by atoms with Crippen LogP contribution in [0, 0.1) is 23.7 Å². The second-order valence-corrected chi connectivity index (χ2v) is 4.91. The molecule has 0 nitrogen and oxygen atoms in total. The molecule has 0 aromatic carbocycles. The Bertz CT molecular complexity index is 128. The van der Waals surface area contributed by atoms with Crippen LogP contribution < -0.4 is 0 Å². The fraction of sp³-hybridized carbons (Fsp3) is 1.00. The van der Waals surface area contributed by atoms with Gasteiger partial charge in [-0.15, -0.1) is 0 Å². The zero-order valence-corrected chi connectivity index (χ0v) is 9.14. The summed E-state index contributed by atoms with van der Waals surface area (Å²) in [5.74, 6) is 3.93. The first-order valence-electron chi connectivity index (χ1n) is 5.65. The molecule has 0 radical (unpaired) electrons. The molecule has 72 valence electrons. The van der Waals surface area contributed by atoms with Crippen LogP contribution >= 0.6 is 0 Å².